The van der Waals surface area contributed by atoms with E-state index in [2.05, 4.69) is 10.6 Å². The molecule has 2 aliphatic rings. The number of hydrogen-bond acceptors (Lipinski definition) is 6. The minimum absolute atomic E-state index is 0. The molecule has 0 bridgehead atoms. The molecule has 2 heterocycles. The lowest BCUT2D eigenvalue weighted by molar-refractivity contribution is -0.137. The number of carbonyl (C=O) groups is 5. The minimum atomic E-state index is -1.12. The summed E-state index contributed by atoms with van der Waals surface area (Å²) in [4.78, 5) is 59.9. The Balaban J connectivity index is 0.00000225. The number of anilines is 1. The summed E-state index contributed by atoms with van der Waals surface area (Å²) in [6.45, 7) is -0.420. The van der Waals surface area contributed by atoms with Crippen LogP contribution in [-0.2, 0) is 14.4 Å². The molecule has 0 radical (unpaired) electrons. The number of nitrogens with one attached hydrogen (secondary N) is 2. The van der Waals surface area contributed by atoms with E-state index in [-0.39, 0.29) is 42.1 Å². The molecule has 1 aromatic carbocycles. The molecule has 0 aromatic heterocycles. The van der Waals surface area contributed by atoms with Crippen LogP contribution in [0.3, 0.4) is 0 Å². The minimum Gasteiger partial charge on any atom is -0.480 e. The second-order valence-corrected chi connectivity index (χ2v) is 5.42. The summed E-state index contributed by atoms with van der Waals surface area (Å²) in [7, 11) is 0. The number of carboxylic acids is 1. The molecule has 1 atom stereocenters. The van der Waals surface area contributed by atoms with Gasteiger partial charge in [0.25, 0.3) is 11.8 Å². The zero-order valence-electron chi connectivity index (χ0n) is 12.8. The van der Waals surface area contributed by atoms with Crippen LogP contribution in [-0.4, -0.2) is 52.2 Å². The first-order valence-electron chi connectivity index (χ1n) is 7.20. The van der Waals surface area contributed by atoms with E-state index >= 15 is 0 Å². The molecule has 1 saturated heterocycles. The third-order valence-corrected chi connectivity index (χ3v) is 3.90. The predicted molar refractivity (Wildman–Crippen MR) is 86.5 cm³/mol. The molecule has 132 valence electrons. The molecule has 4 amide bonds. The van der Waals surface area contributed by atoms with Gasteiger partial charge in [-0.1, -0.05) is 6.07 Å². The van der Waals surface area contributed by atoms with Crippen molar-refractivity contribution in [1.29, 1.82) is 0 Å². The van der Waals surface area contributed by atoms with Gasteiger partial charge in [-0.25, -0.2) is 0 Å². The van der Waals surface area contributed by atoms with Crippen molar-refractivity contribution in [2.45, 2.75) is 18.9 Å². The first-order valence-corrected chi connectivity index (χ1v) is 7.20. The van der Waals surface area contributed by atoms with Gasteiger partial charge in [-0.15, -0.1) is 12.4 Å². The van der Waals surface area contributed by atoms with Gasteiger partial charge in [0.1, 0.15) is 12.6 Å². The Hall–Kier alpha value is -2.94. The van der Waals surface area contributed by atoms with Crippen LogP contribution in [0.5, 0.6) is 0 Å². The van der Waals surface area contributed by atoms with Gasteiger partial charge in [0.05, 0.1) is 11.1 Å². The van der Waals surface area contributed by atoms with Gasteiger partial charge in [0.15, 0.2) is 0 Å². The summed E-state index contributed by atoms with van der Waals surface area (Å²) in [5.74, 6) is -3.58. The number of imide groups is 2. The van der Waals surface area contributed by atoms with Crippen molar-refractivity contribution in [3.8, 4) is 0 Å². The zero-order valence-corrected chi connectivity index (χ0v) is 13.6. The Morgan fingerprint density at radius 1 is 1.24 bits per heavy atom. The monoisotopic (exact) mass is 367 g/mol. The van der Waals surface area contributed by atoms with Gasteiger partial charge in [0.2, 0.25) is 11.8 Å². The van der Waals surface area contributed by atoms with Crippen LogP contribution in [0.4, 0.5) is 5.69 Å². The highest BCUT2D eigenvalue weighted by molar-refractivity contribution is 6.25. The summed E-state index contributed by atoms with van der Waals surface area (Å²) in [6.07, 6.45) is 0.0992. The van der Waals surface area contributed by atoms with Crippen LogP contribution in [0.25, 0.3) is 0 Å². The van der Waals surface area contributed by atoms with E-state index < -0.39 is 42.2 Å². The highest BCUT2D eigenvalue weighted by Gasteiger charge is 2.45. The van der Waals surface area contributed by atoms with Crippen LogP contribution in [0.15, 0.2) is 18.2 Å². The van der Waals surface area contributed by atoms with Crippen molar-refractivity contribution < 1.29 is 29.1 Å². The number of amides is 4. The number of nitrogens with zero attached hydrogens (tertiary/aromatic N) is 1. The molecule has 9 nitrogen and oxygen atoms in total. The molecule has 3 rings (SSSR count). The van der Waals surface area contributed by atoms with Crippen molar-refractivity contribution in [1.82, 2.24) is 10.2 Å². The highest BCUT2D eigenvalue weighted by Crippen LogP contribution is 2.32. The molecule has 1 fully saturated rings. The number of carbonyl (C=O) groups excluding carboxylic acids is 4. The lowest BCUT2D eigenvalue weighted by Gasteiger charge is -2.27. The number of benzene rings is 1. The number of carboxylic acid groups (broad SMARTS) is 1. The molecule has 2 aliphatic heterocycles. The van der Waals surface area contributed by atoms with Gasteiger partial charge in [-0.2, -0.15) is 0 Å². The SMILES string of the molecule is Cl.O=C(O)CNc1cccc2c1C(=O)N(C1CCC(=O)NC1=O)C2=O. The Morgan fingerprint density at radius 2 is 1.96 bits per heavy atom. The molecule has 0 saturated carbocycles. The Morgan fingerprint density at radius 3 is 2.60 bits per heavy atom. The fourth-order valence-corrected chi connectivity index (χ4v) is 2.83. The van der Waals surface area contributed by atoms with E-state index in [1.54, 1.807) is 0 Å². The van der Waals surface area contributed by atoms with Gasteiger partial charge in [-0.3, -0.25) is 34.2 Å². The van der Waals surface area contributed by atoms with Crippen molar-refractivity contribution >= 4 is 47.7 Å². The average molecular weight is 368 g/mol. The number of rotatable bonds is 4. The maximum atomic E-state index is 12.7. The maximum Gasteiger partial charge on any atom is 0.322 e. The van der Waals surface area contributed by atoms with E-state index in [1.165, 1.54) is 18.2 Å². The first kappa shape index (κ1) is 18.4. The first-order chi connectivity index (χ1) is 11.4. The molecular formula is C15H14ClN3O6. The van der Waals surface area contributed by atoms with Crippen molar-refractivity contribution in [3.05, 3.63) is 29.3 Å². The van der Waals surface area contributed by atoms with Crippen LogP contribution in [0, 0.1) is 0 Å². The van der Waals surface area contributed by atoms with Gasteiger partial charge in [0, 0.05) is 12.1 Å². The van der Waals surface area contributed by atoms with Crippen LogP contribution in [0.1, 0.15) is 33.6 Å². The van der Waals surface area contributed by atoms with Crippen LogP contribution in [0.2, 0.25) is 0 Å². The largest absolute Gasteiger partial charge is 0.480 e. The normalized spacial score (nSPS) is 19.2. The quantitative estimate of drug-likeness (QED) is 0.638. The Bertz CT molecular complexity index is 793. The highest BCUT2D eigenvalue weighted by atomic mass is 35.5. The average Bonchev–Trinajstić information content (AvgIpc) is 2.78. The molecular weight excluding hydrogens is 354 g/mol. The number of halogens is 1. The van der Waals surface area contributed by atoms with Crippen LogP contribution >= 0.6 is 12.4 Å². The molecule has 1 aromatic rings. The lowest BCUT2D eigenvalue weighted by atomic mass is 10.0. The van der Waals surface area contributed by atoms with Crippen LogP contribution < -0.4 is 10.6 Å². The van der Waals surface area contributed by atoms with Gasteiger partial charge < -0.3 is 10.4 Å². The number of aliphatic carboxylic acids is 1. The van der Waals surface area contributed by atoms with E-state index in [9.17, 15) is 24.0 Å². The van der Waals surface area contributed by atoms with E-state index in [1.807, 2.05) is 0 Å². The fourth-order valence-electron chi connectivity index (χ4n) is 2.83. The maximum absolute atomic E-state index is 12.7. The fraction of sp³-hybridized carbons (Fsp3) is 0.267. The molecule has 0 spiro atoms. The van der Waals surface area contributed by atoms with E-state index in [0.717, 1.165) is 4.90 Å². The number of piperidine rings is 1. The number of hydrogen-bond donors (Lipinski definition) is 3. The molecule has 1 unspecified atom stereocenters. The summed E-state index contributed by atoms with van der Waals surface area (Å²) >= 11 is 0. The Kier molecular flexibility index (Phi) is 5.07. The standard InChI is InChI=1S/C15H13N3O6.ClH/c19-10-5-4-9(13(22)17-10)18-14(23)7-2-1-3-8(12(7)15(18)24)16-6-11(20)21;/h1-3,9,16H,4-6H2,(H,20,21)(H,17,19,22);1H. The second-order valence-electron chi connectivity index (χ2n) is 5.42. The Labute approximate surface area is 147 Å². The third-order valence-electron chi connectivity index (χ3n) is 3.90. The summed E-state index contributed by atoms with van der Waals surface area (Å²) < 4.78 is 0. The summed E-state index contributed by atoms with van der Waals surface area (Å²) in [6, 6.07) is 3.39. The topological polar surface area (TPSA) is 133 Å². The lowest BCUT2D eigenvalue weighted by Crippen LogP contribution is -2.54. The molecule has 3 N–H and O–H groups in total. The van der Waals surface area contributed by atoms with E-state index in [0.29, 0.717) is 0 Å². The predicted octanol–water partition coefficient (Wildman–Crippen LogP) is 0.00610. The second kappa shape index (κ2) is 6.89. The molecule has 10 heteroatoms. The number of fused-ring (bicyclic) bond motifs is 1. The van der Waals surface area contributed by atoms with E-state index in [4.69, 9.17) is 5.11 Å². The van der Waals surface area contributed by atoms with Crippen molar-refractivity contribution in [2.75, 3.05) is 11.9 Å². The molecule has 25 heavy (non-hydrogen) atoms. The van der Waals surface area contributed by atoms with Gasteiger partial charge in [-0.05, 0) is 18.6 Å². The summed E-state index contributed by atoms with van der Waals surface area (Å²) in [5, 5.41) is 13.4. The zero-order chi connectivity index (χ0) is 17.4. The third kappa shape index (κ3) is 3.18. The van der Waals surface area contributed by atoms with Crippen molar-refractivity contribution in [3.63, 3.8) is 0 Å². The smallest absolute Gasteiger partial charge is 0.322 e. The van der Waals surface area contributed by atoms with Crippen molar-refractivity contribution in [2.24, 2.45) is 0 Å². The molecule has 0 aliphatic carbocycles. The summed E-state index contributed by atoms with van der Waals surface area (Å²) in [5.41, 5.74) is 0.344. The van der Waals surface area contributed by atoms with Gasteiger partial charge >= 0.3 is 5.97 Å².